The summed E-state index contributed by atoms with van der Waals surface area (Å²) in [6.07, 6.45) is 0. The summed E-state index contributed by atoms with van der Waals surface area (Å²) in [7, 11) is 0. The van der Waals surface area contributed by atoms with Gasteiger partial charge in [0.1, 0.15) is 0 Å². The van der Waals surface area contributed by atoms with Gasteiger partial charge in [-0.2, -0.15) is 0 Å². The first kappa shape index (κ1) is 17.7. The maximum Gasteiger partial charge on any atom is 0.254 e. The average molecular weight is 346 g/mol. The topological polar surface area (TPSA) is 104 Å². The van der Waals surface area contributed by atoms with Crippen LogP contribution in [-0.2, 0) is 9.59 Å². The predicted molar refractivity (Wildman–Crippen MR) is 94.4 cm³/mol. The molecule has 0 atom stereocenters. The Bertz CT molecular complexity index is 832. The molecule has 0 saturated carbocycles. The molecular formula is C16H18N4O3S. The van der Waals surface area contributed by atoms with Crippen LogP contribution in [0.4, 0.5) is 11.4 Å². The zero-order valence-corrected chi connectivity index (χ0v) is 14.4. The largest absolute Gasteiger partial charge is 0.326 e. The summed E-state index contributed by atoms with van der Waals surface area (Å²) in [6, 6.07) is 6.86. The van der Waals surface area contributed by atoms with Crippen LogP contribution in [0.3, 0.4) is 0 Å². The first-order valence-electron chi connectivity index (χ1n) is 7.23. The van der Waals surface area contributed by atoms with E-state index >= 15 is 0 Å². The number of aryl methyl sites for hydroxylation is 1. The number of aromatic amines is 1. The number of nitrogens with one attached hydrogen (secondary N) is 3. The fraction of sp³-hybridized carbons (Fsp3) is 0.250. The van der Waals surface area contributed by atoms with E-state index in [1.165, 1.54) is 6.92 Å². The van der Waals surface area contributed by atoms with Crippen molar-refractivity contribution in [1.29, 1.82) is 0 Å². The molecule has 0 bridgehead atoms. The number of thioether (sulfide) groups is 1. The van der Waals surface area contributed by atoms with E-state index in [1.807, 2.05) is 0 Å². The third-order valence-electron chi connectivity index (χ3n) is 3.18. The second-order valence-corrected chi connectivity index (χ2v) is 6.14. The van der Waals surface area contributed by atoms with Crippen LogP contribution in [0.15, 0.2) is 34.2 Å². The number of carbonyl (C=O) groups excluding carboxylic acids is 2. The number of benzene rings is 1. The smallest absolute Gasteiger partial charge is 0.254 e. The van der Waals surface area contributed by atoms with E-state index in [2.05, 4.69) is 20.6 Å². The quantitative estimate of drug-likeness (QED) is 0.568. The highest BCUT2D eigenvalue weighted by atomic mass is 32.2. The molecule has 0 aliphatic heterocycles. The molecule has 2 aromatic rings. The van der Waals surface area contributed by atoms with Gasteiger partial charge in [0.15, 0.2) is 5.16 Å². The molecule has 8 heteroatoms. The van der Waals surface area contributed by atoms with Crippen LogP contribution in [0.25, 0.3) is 0 Å². The lowest BCUT2D eigenvalue weighted by Gasteiger charge is -2.08. The fourth-order valence-corrected chi connectivity index (χ4v) is 2.60. The van der Waals surface area contributed by atoms with Crippen molar-refractivity contribution in [2.24, 2.45) is 0 Å². The van der Waals surface area contributed by atoms with Gasteiger partial charge in [0.25, 0.3) is 5.56 Å². The van der Waals surface area contributed by atoms with Gasteiger partial charge >= 0.3 is 0 Å². The van der Waals surface area contributed by atoms with Crippen LogP contribution >= 0.6 is 11.8 Å². The molecule has 1 aromatic heterocycles. The van der Waals surface area contributed by atoms with Crippen LogP contribution in [0, 0.1) is 13.8 Å². The van der Waals surface area contributed by atoms with Gasteiger partial charge in [0.05, 0.1) is 5.75 Å². The SMILES string of the molecule is CC(=O)Nc1cccc(NC(=O)CSc2nc(C)c(C)c(=O)[nH]2)c1. The van der Waals surface area contributed by atoms with Crippen molar-refractivity contribution in [1.82, 2.24) is 9.97 Å². The van der Waals surface area contributed by atoms with E-state index < -0.39 is 0 Å². The average Bonchev–Trinajstić information content (AvgIpc) is 2.50. The molecular weight excluding hydrogens is 328 g/mol. The summed E-state index contributed by atoms with van der Waals surface area (Å²) < 4.78 is 0. The van der Waals surface area contributed by atoms with Gasteiger partial charge in [-0.05, 0) is 32.0 Å². The van der Waals surface area contributed by atoms with E-state index in [1.54, 1.807) is 38.1 Å². The van der Waals surface area contributed by atoms with E-state index in [-0.39, 0.29) is 23.1 Å². The number of hydrogen-bond donors (Lipinski definition) is 3. The maximum atomic E-state index is 12.0. The van der Waals surface area contributed by atoms with Gasteiger partial charge < -0.3 is 15.6 Å². The summed E-state index contributed by atoms with van der Waals surface area (Å²) in [5, 5.41) is 5.79. The number of rotatable bonds is 5. The van der Waals surface area contributed by atoms with Crippen LogP contribution in [0.5, 0.6) is 0 Å². The molecule has 0 spiro atoms. The highest BCUT2D eigenvalue weighted by Gasteiger charge is 2.08. The maximum absolute atomic E-state index is 12.0. The summed E-state index contributed by atoms with van der Waals surface area (Å²) in [5.74, 6) is -0.310. The standard InChI is InChI=1S/C16H18N4O3S/c1-9-10(2)17-16(20-15(9)23)24-8-14(22)19-13-6-4-5-12(7-13)18-11(3)21/h4-7H,8H2,1-3H3,(H,18,21)(H,19,22)(H,17,20,23). The minimum Gasteiger partial charge on any atom is -0.326 e. The first-order chi connectivity index (χ1) is 11.3. The zero-order valence-electron chi connectivity index (χ0n) is 13.6. The number of anilines is 2. The molecule has 2 rings (SSSR count). The van der Waals surface area contributed by atoms with Crippen molar-refractivity contribution >= 4 is 35.0 Å². The van der Waals surface area contributed by atoms with Crippen LogP contribution in [0.1, 0.15) is 18.2 Å². The molecule has 1 heterocycles. The van der Waals surface area contributed by atoms with Crippen molar-refractivity contribution < 1.29 is 9.59 Å². The minimum atomic E-state index is -0.235. The molecule has 0 aliphatic carbocycles. The summed E-state index contributed by atoms with van der Waals surface area (Å²) in [5.41, 5.74) is 2.19. The third-order valence-corrected chi connectivity index (χ3v) is 4.05. The monoisotopic (exact) mass is 346 g/mol. The lowest BCUT2D eigenvalue weighted by molar-refractivity contribution is -0.114. The fourth-order valence-electron chi connectivity index (χ4n) is 1.90. The van der Waals surface area contributed by atoms with E-state index in [0.717, 1.165) is 11.8 Å². The first-order valence-corrected chi connectivity index (χ1v) is 8.21. The Labute approximate surface area is 143 Å². The Morgan fingerprint density at radius 2 is 1.88 bits per heavy atom. The van der Waals surface area contributed by atoms with Crippen LogP contribution in [-0.4, -0.2) is 27.5 Å². The van der Waals surface area contributed by atoms with Crippen molar-refractivity contribution in [2.45, 2.75) is 25.9 Å². The third kappa shape index (κ3) is 4.95. The second-order valence-electron chi connectivity index (χ2n) is 5.18. The normalized spacial score (nSPS) is 10.3. The number of carbonyl (C=O) groups is 2. The van der Waals surface area contributed by atoms with Crippen LogP contribution < -0.4 is 16.2 Å². The Kier molecular flexibility index (Phi) is 5.75. The van der Waals surface area contributed by atoms with Crippen molar-refractivity contribution in [2.75, 3.05) is 16.4 Å². The van der Waals surface area contributed by atoms with Crippen LogP contribution in [0.2, 0.25) is 0 Å². The molecule has 0 radical (unpaired) electrons. The second kappa shape index (κ2) is 7.78. The molecule has 3 N–H and O–H groups in total. The summed E-state index contributed by atoms with van der Waals surface area (Å²) in [6.45, 7) is 4.87. The number of nitrogens with zero attached hydrogens (tertiary/aromatic N) is 1. The molecule has 24 heavy (non-hydrogen) atoms. The van der Waals surface area contributed by atoms with Crippen molar-refractivity contribution in [3.63, 3.8) is 0 Å². The number of aromatic nitrogens is 2. The van der Waals surface area contributed by atoms with Gasteiger partial charge in [-0.1, -0.05) is 17.8 Å². The Hall–Kier alpha value is -2.61. The number of H-pyrrole nitrogens is 1. The molecule has 2 amide bonds. The predicted octanol–water partition coefficient (Wildman–Crippen LogP) is 2.08. The van der Waals surface area contributed by atoms with Gasteiger partial charge in [-0.25, -0.2) is 4.98 Å². The van der Waals surface area contributed by atoms with E-state index in [0.29, 0.717) is 27.8 Å². The molecule has 7 nitrogen and oxygen atoms in total. The zero-order chi connectivity index (χ0) is 17.7. The Morgan fingerprint density at radius 1 is 1.21 bits per heavy atom. The minimum absolute atomic E-state index is 0.107. The van der Waals surface area contributed by atoms with Gasteiger partial charge in [0.2, 0.25) is 11.8 Å². The summed E-state index contributed by atoms with van der Waals surface area (Å²) in [4.78, 5) is 41.6. The Balaban J connectivity index is 1.96. The lowest BCUT2D eigenvalue weighted by atomic mass is 10.2. The van der Waals surface area contributed by atoms with Crippen molar-refractivity contribution in [3.8, 4) is 0 Å². The molecule has 126 valence electrons. The van der Waals surface area contributed by atoms with Crippen molar-refractivity contribution in [3.05, 3.63) is 45.9 Å². The molecule has 1 aromatic carbocycles. The van der Waals surface area contributed by atoms with E-state index in [4.69, 9.17) is 0 Å². The lowest BCUT2D eigenvalue weighted by Crippen LogP contribution is -2.17. The van der Waals surface area contributed by atoms with Gasteiger partial charge in [0, 0.05) is 29.6 Å². The van der Waals surface area contributed by atoms with Gasteiger partial charge in [-0.3, -0.25) is 14.4 Å². The molecule has 0 saturated heterocycles. The van der Waals surface area contributed by atoms with Gasteiger partial charge in [-0.15, -0.1) is 0 Å². The molecule has 0 fully saturated rings. The number of hydrogen-bond acceptors (Lipinski definition) is 5. The van der Waals surface area contributed by atoms with E-state index in [9.17, 15) is 14.4 Å². The highest BCUT2D eigenvalue weighted by Crippen LogP contribution is 2.17. The Morgan fingerprint density at radius 3 is 2.50 bits per heavy atom. The summed E-state index contributed by atoms with van der Waals surface area (Å²) >= 11 is 1.15. The molecule has 0 aliphatic rings. The molecule has 0 unspecified atom stereocenters. The highest BCUT2D eigenvalue weighted by molar-refractivity contribution is 7.99. The number of amides is 2.